The fourth-order valence-corrected chi connectivity index (χ4v) is 3.81. The van der Waals surface area contributed by atoms with E-state index in [0.29, 0.717) is 5.82 Å². The smallest absolute Gasteiger partial charge is 0.325 e. The van der Waals surface area contributed by atoms with Crippen molar-refractivity contribution in [2.24, 2.45) is 0 Å². The van der Waals surface area contributed by atoms with Gasteiger partial charge in [0.25, 0.3) is 0 Å². The number of hydrogen-bond acceptors (Lipinski definition) is 6. The van der Waals surface area contributed by atoms with Crippen LogP contribution < -0.4 is 0 Å². The molecular weight excluding hydrogens is 308 g/mol. The van der Waals surface area contributed by atoms with E-state index in [1.807, 2.05) is 41.8 Å². The number of carboxylic acids is 1. The molecule has 106 valence electrons. The maximum Gasteiger partial charge on any atom is 0.325 e. The Labute approximate surface area is 128 Å². The molecule has 0 bridgehead atoms. The van der Waals surface area contributed by atoms with Crippen molar-refractivity contribution in [1.82, 2.24) is 20.2 Å². The van der Waals surface area contributed by atoms with Crippen molar-refractivity contribution >= 4 is 29.1 Å². The summed E-state index contributed by atoms with van der Waals surface area (Å²) in [4.78, 5) is 12.0. The van der Waals surface area contributed by atoms with Gasteiger partial charge in [0.1, 0.15) is 6.54 Å². The van der Waals surface area contributed by atoms with Gasteiger partial charge in [-0.2, -0.15) is 0 Å². The average Bonchev–Trinajstić information content (AvgIpc) is 3.08. The van der Waals surface area contributed by atoms with Crippen molar-refractivity contribution in [1.29, 1.82) is 0 Å². The van der Waals surface area contributed by atoms with Crippen LogP contribution in [0.4, 0.5) is 0 Å². The minimum atomic E-state index is -0.976. The lowest BCUT2D eigenvalue weighted by atomic mass is 10.3. The Morgan fingerprint density at radius 2 is 2.10 bits per heavy atom. The molecule has 1 N–H and O–H groups in total. The fourth-order valence-electron chi connectivity index (χ4n) is 1.77. The molecule has 3 aromatic rings. The molecule has 0 saturated heterocycles. The molecule has 6 nitrogen and oxygen atoms in total. The van der Waals surface area contributed by atoms with Crippen molar-refractivity contribution in [2.45, 2.75) is 15.6 Å². The van der Waals surface area contributed by atoms with Gasteiger partial charge in [0, 0.05) is 10.5 Å². The maximum atomic E-state index is 10.8. The summed E-state index contributed by atoms with van der Waals surface area (Å²) in [5, 5.41) is 22.1. The third-order valence-electron chi connectivity index (χ3n) is 2.64. The Morgan fingerprint density at radius 3 is 2.86 bits per heavy atom. The second kappa shape index (κ2) is 6.06. The summed E-state index contributed by atoms with van der Waals surface area (Å²) in [6.45, 7) is -0.256. The largest absolute Gasteiger partial charge is 0.480 e. The number of hydrogen-bond donors (Lipinski definition) is 1. The number of rotatable bonds is 5. The van der Waals surface area contributed by atoms with Gasteiger partial charge in [0.15, 0.2) is 5.82 Å². The van der Waals surface area contributed by atoms with E-state index in [1.54, 1.807) is 23.1 Å². The van der Waals surface area contributed by atoms with E-state index in [-0.39, 0.29) is 6.54 Å². The molecule has 0 aliphatic heterocycles. The topological polar surface area (TPSA) is 80.9 Å². The number of aliphatic carboxylic acids is 1. The Balaban J connectivity index is 1.92. The molecule has 0 atom stereocenters. The number of nitrogens with zero attached hydrogens (tertiary/aromatic N) is 4. The molecule has 2 heterocycles. The molecule has 0 radical (unpaired) electrons. The highest BCUT2D eigenvalue weighted by Crippen LogP contribution is 2.39. The highest BCUT2D eigenvalue weighted by molar-refractivity contribution is 8.01. The standard InChI is InChI=1S/C13H10N4O2S2/c18-11(19)8-17-12(14-15-16-17)10-6-7-20-13(10)21-9-4-2-1-3-5-9/h1-7H,8H2,(H,18,19). The van der Waals surface area contributed by atoms with Crippen LogP contribution in [0.25, 0.3) is 11.4 Å². The van der Waals surface area contributed by atoms with Gasteiger partial charge in [0.2, 0.25) is 0 Å². The zero-order valence-corrected chi connectivity index (χ0v) is 12.3. The van der Waals surface area contributed by atoms with Gasteiger partial charge < -0.3 is 5.11 Å². The van der Waals surface area contributed by atoms with Gasteiger partial charge in [-0.3, -0.25) is 4.79 Å². The predicted octanol–water partition coefficient (Wildman–Crippen LogP) is 2.64. The zero-order chi connectivity index (χ0) is 14.7. The fraction of sp³-hybridized carbons (Fsp3) is 0.0769. The first kappa shape index (κ1) is 13.8. The number of carboxylic acid groups (broad SMARTS) is 1. The second-order valence-electron chi connectivity index (χ2n) is 4.09. The van der Waals surface area contributed by atoms with Crippen LogP contribution in [-0.2, 0) is 11.3 Å². The highest BCUT2D eigenvalue weighted by Gasteiger charge is 2.16. The summed E-state index contributed by atoms with van der Waals surface area (Å²) in [5.74, 6) is -0.506. The lowest BCUT2D eigenvalue weighted by Crippen LogP contribution is -2.11. The molecule has 0 saturated carbocycles. The number of thiophene rings is 1. The molecule has 8 heteroatoms. The van der Waals surface area contributed by atoms with Gasteiger partial charge in [-0.15, -0.1) is 16.4 Å². The molecule has 0 fully saturated rings. The van der Waals surface area contributed by atoms with E-state index in [0.717, 1.165) is 14.7 Å². The number of aromatic nitrogens is 4. The third-order valence-corrected chi connectivity index (χ3v) is 4.80. The molecule has 3 rings (SSSR count). The Morgan fingerprint density at radius 1 is 1.29 bits per heavy atom. The predicted molar refractivity (Wildman–Crippen MR) is 79.3 cm³/mol. The third kappa shape index (κ3) is 3.11. The quantitative estimate of drug-likeness (QED) is 0.779. The van der Waals surface area contributed by atoms with Crippen LogP contribution in [0.1, 0.15) is 0 Å². The lowest BCUT2D eigenvalue weighted by Gasteiger charge is -2.03. The van der Waals surface area contributed by atoms with Gasteiger partial charge in [0.05, 0.1) is 4.21 Å². The summed E-state index contributed by atoms with van der Waals surface area (Å²) >= 11 is 3.19. The first-order valence-electron chi connectivity index (χ1n) is 6.03. The summed E-state index contributed by atoms with van der Waals surface area (Å²) in [6.07, 6.45) is 0. The molecule has 0 aliphatic rings. The lowest BCUT2D eigenvalue weighted by molar-refractivity contribution is -0.137. The number of benzene rings is 1. The Bertz CT molecular complexity index is 754. The van der Waals surface area contributed by atoms with Crippen molar-refractivity contribution in [2.75, 3.05) is 0 Å². The minimum absolute atomic E-state index is 0.256. The SMILES string of the molecule is O=C(O)Cn1nnnc1-c1ccsc1Sc1ccccc1. The van der Waals surface area contributed by atoms with Crippen LogP contribution in [-0.4, -0.2) is 31.3 Å². The molecule has 0 unspecified atom stereocenters. The Hall–Kier alpha value is -2.19. The second-order valence-corrected chi connectivity index (χ2v) is 6.35. The number of carbonyl (C=O) groups is 1. The zero-order valence-electron chi connectivity index (χ0n) is 10.7. The van der Waals surface area contributed by atoms with Gasteiger partial charge >= 0.3 is 5.97 Å². The van der Waals surface area contributed by atoms with Crippen LogP contribution in [0.15, 0.2) is 50.9 Å². The summed E-state index contributed by atoms with van der Waals surface area (Å²) in [7, 11) is 0. The van der Waals surface area contributed by atoms with E-state index in [9.17, 15) is 4.79 Å². The molecular formula is C13H10N4O2S2. The molecule has 0 aliphatic carbocycles. The van der Waals surface area contributed by atoms with Crippen LogP contribution in [0, 0.1) is 0 Å². The van der Waals surface area contributed by atoms with E-state index >= 15 is 0 Å². The van der Waals surface area contributed by atoms with Crippen LogP contribution in [0.2, 0.25) is 0 Å². The summed E-state index contributed by atoms with van der Waals surface area (Å²) in [5.41, 5.74) is 0.847. The molecule has 2 aromatic heterocycles. The number of tetrazole rings is 1. The maximum absolute atomic E-state index is 10.8. The van der Waals surface area contributed by atoms with Crippen LogP contribution in [0.5, 0.6) is 0 Å². The van der Waals surface area contributed by atoms with Gasteiger partial charge in [-0.05, 0) is 34.0 Å². The van der Waals surface area contributed by atoms with Crippen molar-refractivity contribution in [3.05, 3.63) is 41.8 Å². The Kier molecular flexibility index (Phi) is 3.98. The van der Waals surface area contributed by atoms with E-state index in [1.165, 1.54) is 4.68 Å². The summed E-state index contributed by atoms with van der Waals surface area (Å²) < 4.78 is 2.32. The van der Waals surface area contributed by atoms with Gasteiger partial charge in [-0.25, -0.2) is 4.68 Å². The molecule has 21 heavy (non-hydrogen) atoms. The highest BCUT2D eigenvalue weighted by atomic mass is 32.2. The minimum Gasteiger partial charge on any atom is -0.480 e. The molecule has 1 aromatic carbocycles. The first-order chi connectivity index (χ1) is 10.2. The monoisotopic (exact) mass is 318 g/mol. The average molecular weight is 318 g/mol. The molecule has 0 spiro atoms. The van der Waals surface area contributed by atoms with Crippen molar-refractivity contribution in [3.8, 4) is 11.4 Å². The van der Waals surface area contributed by atoms with Crippen molar-refractivity contribution in [3.63, 3.8) is 0 Å². The van der Waals surface area contributed by atoms with Gasteiger partial charge in [-0.1, -0.05) is 30.0 Å². The van der Waals surface area contributed by atoms with E-state index in [4.69, 9.17) is 5.11 Å². The molecule has 0 amide bonds. The van der Waals surface area contributed by atoms with Crippen LogP contribution >= 0.6 is 23.1 Å². The van der Waals surface area contributed by atoms with Crippen molar-refractivity contribution < 1.29 is 9.90 Å². The summed E-state index contributed by atoms with van der Waals surface area (Å²) in [6, 6.07) is 11.9. The van der Waals surface area contributed by atoms with Crippen LogP contribution in [0.3, 0.4) is 0 Å². The first-order valence-corrected chi connectivity index (χ1v) is 7.72. The van der Waals surface area contributed by atoms with E-state index in [2.05, 4.69) is 15.5 Å². The normalized spacial score (nSPS) is 10.7. The van der Waals surface area contributed by atoms with E-state index < -0.39 is 5.97 Å².